The van der Waals surface area contributed by atoms with Gasteiger partial charge in [-0.05, 0) is 106 Å². The van der Waals surface area contributed by atoms with E-state index in [1.54, 1.807) is 0 Å². The predicted molar refractivity (Wildman–Crippen MR) is 164 cm³/mol. The van der Waals surface area contributed by atoms with Crippen molar-refractivity contribution < 1.29 is 0 Å². The number of hydrogen-bond acceptors (Lipinski definition) is 1. The fraction of sp³-hybridized carbons (Fsp3) is 0.108. The molecule has 0 unspecified atom stereocenters. The molecule has 182 valence electrons. The zero-order valence-electron chi connectivity index (χ0n) is 22.3. The van der Waals surface area contributed by atoms with Gasteiger partial charge in [0.05, 0.1) is 5.52 Å². The lowest BCUT2D eigenvalue weighted by atomic mass is 9.81. The third-order valence-corrected chi connectivity index (χ3v) is 8.41. The average Bonchev–Trinajstić information content (AvgIpc) is 2.95. The maximum absolute atomic E-state index is 4.99. The molecule has 0 atom stereocenters. The van der Waals surface area contributed by atoms with Crippen LogP contribution in [0.5, 0.6) is 0 Å². The van der Waals surface area contributed by atoms with Gasteiger partial charge in [-0.2, -0.15) is 0 Å². The first-order valence-electron chi connectivity index (χ1n) is 13.3. The minimum atomic E-state index is 1.03. The molecular formula is C37H29N. The van der Waals surface area contributed by atoms with E-state index in [0.29, 0.717) is 0 Å². The van der Waals surface area contributed by atoms with Crippen LogP contribution in [0.3, 0.4) is 0 Å². The Kier molecular flexibility index (Phi) is 5.09. The van der Waals surface area contributed by atoms with E-state index in [-0.39, 0.29) is 0 Å². The standard InChI is InChI=1S/C37H29N/c1-22-19-23(2)25(4)34(24(22)3)36-30-14-8-7-13-29(30)35(28-18-17-26-11-5-6-12-27(26)20-28)37-31-15-9-10-16-33(31)38-21-32(36)37/h5-21H,1-4H3. The number of pyridine rings is 1. The lowest BCUT2D eigenvalue weighted by molar-refractivity contribution is 1.25. The molecule has 38 heavy (non-hydrogen) atoms. The highest BCUT2D eigenvalue weighted by molar-refractivity contribution is 6.27. The molecule has 0 aliphatic heterocycles. The van der Waals surface area contributed by atoms with E-state index < -0.39 is 0 Å². The summed E-state index contributed by atoms with van der Waals surface area (Å²) >= 11 is 0. The van der Waals surface area contributed by atoms with Crippen molar-refractivity contribution >= 4 is 43.2 Å². The van der Waals surface area contributed by atoms with Crippen molar-refractivity contribution in [1.29, 1.82) is 0 Å². The molecule has 1 heteroatoms. The van der Waals surface area contributed by atoms with Crippen LogP contribution in [-0.2, 0) is 0 Å². The summed E-state index contributed by atoms with van der Waals surface area (Å²) in [6, 6.07) is 35.3. The van der Waals surface area contributed by atoms with Gasteiger partial charge in [0.15, 0.2) is 0 Å². The third kappa shape index (κ3) is 3.28. The average molecular weight is 488 g/mol. The van der Waals surface area contributed by atoms with Crippen LogP contribution in [0.15, 0.2) is 103 Å². The van der Waals surface area contributed by atoms with Gasteiger partial charge < -0.3 is 0 Å². The van der Waals surface area contributed by atoms with Gasteiger partial charge in [-0.15, -0.1) is 0 Å². The van der Waals surface area contributed by atoms with Crippen LogP contribution in [0.2, 0.25) is 0 Å². The molecule has 7 aromatic rings. The van der Waals surface area contributed by atoms with Gasteiger partial charge in [0.2, 0.25) is 0 Å². The van der Waals surface area contributed by atoms with E-state index in [0.717, 1.165) is 5.52 Å². The first kappa shape index (κ1) is 22.7. The zero-order chi connectivity index (χ0) is 26.0. The Balaban J connectivity index is 1.76. The van der Waals surface area contributed by atoms with Crippen LogP contribution in [0.1, 0.15) is 22.3 Å². The molecule has 1 nitrogen and oxygen atoms in total. The summed E-state index contributed by atoms with van der Waals surface area (Å²) in [7, 11) is 0. The van der Waals surface area contributed by atoms with Crippen molar-refractivity contribution in [2.24, 2.45) is 0 Å². The van der Waals surface area contributed by atoms with Crippen LogP contribution in [0.25, 0.3) is 65.5 Å². The molecule has 0 bridgehead atoms. The quantitative estimate of drug-likeness (QED) is 0.175. The summed E-state index contributed by atoms with van der Waals surface area (Å²) in [4.78, 5) is 4.99. The van der Waals surface area contributed by atoms with E-state index in [9.17, 15) is 0 Å². The van der Waals surface area contributed by atoms with Crippen molar-refractivity contribution in [3.63, 3.8) is 0 Å². The molecule has 0 saturated heterocycles. The van der Waals surface area contributed by atoms with E-state index in [2.05, 4.69) is 131 Å². The second-order valence-corrected chi connectivity index (χ2v) is 10.6. The normalized spacial score (nSPS) is 11.7. The minimum absolute atomic E-state index is 1.03. The summed E-state index contributed by atoms with van der Waals surface area (Å²) in [6.45, 7) is 8.99. The predicted octanol–water partition coefficient (Wildman–Crippen LogP) is 10.3. The SMILES string of the molecule is Cc1cc(C)c(C)c(-c2c3ccccc3c(-c3ccc4ccccc4c3)c3c2cnc2ccccc23)c1C. The van der Waals surface area contributed by atoms with Gasteiger partial charge >= 0.3 is 0 Å². The van der Waals surface area contributed by atoms with Gasteiger partial charge in [-0.25, -0.2) is 0 Å². The van der Waals surface area contributed by atoms with Crippen molar-refractivity contribution in [3.8, 4) is 22.3 Å². The van der Waals surface area contributed by atoms with E-state index >= 15 is 0 Å². The van der Waals surface area contributed by atoms with Crippen molar-refractivity contribution in [2.75, 3.05) is 0 Å². The maximum atomic E-state index is 4.99. The van der Waals surface area contributed by atoms with Gasteiger partial charge in [0, 0.05) is 22.4 Å². The smallest absolute Gasteiger partial charge is 0.0708 e. The van der Waals surface area contributed by atoms with Crippen molar-refractivity contribution in [1.82, 2.24) is 4.98 Å². The molecule has 0 fully saturated rings. The van der Waals surface area contributed by atoms with Crippen molar-refractivity contribution in [3.05, 3.63) is 126 Å². The topological polar surface area (TPSA) is 12.9 Å². The molecule has 0 aliphatic rings. The Morgan fingerprint density at radius 2 is 1.08 bits per heavy atom. The molecule has 0 amide bonds. The molecule has 0 radical (unpaired) electrons. The van der Waals surface area contributed by atoms with E-state index in [1.807, 2.05) is 0 Å². The highest BCUT2D eigenvalue weighted by Gasteiger charge is 2.22. The van der Waals surface area contributed by atoms with Gasteiger partial charge in [-0.1, -0.05) is 84.9 Å². The molecule has 0 N–H and O–H groups in total. The second-order valence-electron chi connectivity index (χ2n) is 10.6. The minimum Gasteiger partial charge on any atom is -0.256 e. The second kappa shape index (κ2) is 8.53. The highest BCUT2D eigenvalue weighted by atomic mass is 14.7. The third-order valence-electron chi connectivity index (χ3n) is 8.41. The molecule has 7 rings (SSSR count). The van der Waals surface area contributed by atoms with Crippen LogP contribution in [0.4, 0.5) is 0 Å². The van der Waals surface area contributed by atoms with Crippen molar-refractivity contribution in [2.45, 2.75) is 27.7 Å². The highest BCUT2D eigenvalue weighted by Crippen LogP contribution is 2.47. The fourth-order valence-electron chi connectivity index (χ4n) is 6.30. The molecular weight excluding hydrogens is 458 g/mol. The van der Waals surface area contributed by atoms with E-state index in [4.69, 9.17) is 4.98 Å². The largest absolute Gasteiger partial charge is 0.256 e. The Hall–Kier alpha value is -4.49. The molecule has 0 saturated carbocycles. The van der Waals surface area contributed by atoms with Crippen LogP contribution < -0.4 is 0 Å². The summed E-state index contributed by atoms with van der Waals surface area (Å²) in [5.74, 6) is 0. The number of fused-ring (bicyclic) bond motifs is 5. The number of nitrogens with zero attached hydrogens (tertiary/aromatic N) is 1. The molecule has 0 spiro atoms. The van der Waals surface area contributed by atoms with Crippen LogP contribution in [0, 0.1) is 27.7 Å². The van der Waals surface area contributed by atoms with Crippen LogP contribution in [-0.4, -0.2) is 4.98 Å². The van der Waals surface area contributed by atoms with Gasteiger partial charge in [0.1, 0.15) is 0 Å². The maximum Gasteiger partial charge on any atom is 0.0708 e. The zero-order valence-corrected chi connectivity index (χ0v) is 22.3. The summed E-state index contributed by atoms with van der Waals surface area (Å²) < 4.78 is 0. The molecule has 0 aliphatic carbocycles. The first-order valence-corrected chi connectivity index (χ1v) is 13.3. The number of aryl methyl sites for hydroxylation is 2. The monoisotopic (exact) mass is 487 g/mol. The molecule has 1 heterocycles. The van der Waals surface area contributed by atoms with E-state index in [1.165, 1.54) is 82.2 Å². The number of aromatic nitrogens is 1. The molecule has 1 aromatic heterocycles. The summed E-state index contributed by atoms with van der Waals surface area (Å²) in [5, 5.41) is 8.75. The number of rotatable bonds is 2. The Morgan fingerprint density at radius 3 is 1.82 bits per heavy atom. The first-order chi connectivity index (χ1) is 18.5. The number of para-hydroxylation sites is 1. The van der Waals surface area contributed by atoms with Crippen LogP contribution >= 0.6 is 0 Å². The summed E-state index contributed by atoms with van der Waals surface area (Å²) in [6.07, 6.45) is 2.11. The van der Waals surface area contributed by atoms with Gasteiger partial charge in [-0.3, -0.25) is 4.98 Å². The Bertz CT molecular complexity index is 2040. The van der Waals surface area contributed by atoms with Gasteiger partial charge in [0.25, 0.3) is 0 Å². The summed E-state index contributed by atoms with van der Waals surface area (Å²) in [5.41, 5.74) is 11.5. The molecule has 6 aromatic carbocycles. The number of hydrogen-bond donors (Lipinski definition) is 0. The Morgan fingerprint density at radius 1 is 0.474 bits per heavy atom. The fourth-order valence-corrected chi connectivity index (χ4v) is 6.30. The Labute approximate surface area is 223 Å². The lowest BCUT2D eigenvalue weighted by Crippen LogP contribution is -1.99. The number of benzene rings is 6. The lowest BCUT2D eigenvalue weighted by Gasteiger charge is -2.22.